The summed E-state index contributed by atoms with van der Waals surface area (Å²) in [4.78, 5) is 29.7. The van der Waals surface area contributed by atoms with Gasteiger partial charge in [-0.25, -0.2) is 24.7 Å². The SMILES string of the molecule is Cc1nc(CNc2ncccn2)sc1-c1cccc(-c2ccc(C(=O)O)cc2)n1. The number of hydrogen-bond acceptors (Lipinski definition) is 7. The number of rotatable bonds is 6. The number of carboxylic acids is 1. The lowest BCUT2D eigenvalue weighted by Crippen LogP contribution is -2.02. The van der Waals surface area contributed by atoms with Crippen molar-refractivity contribution in [1.29, 1.82) is 0 Å². The molecule has 8 heteroatoms. The van der Waals surface area contributed by atoms with Gasteiger partial charge >= 0.3 is 5.97 Å². The maximum Gasteiger partial charge on any atom is 0.335 e. The summed E-state index contributed by atoms with van der Waals surface area (Å²) in [6.45, 7) is 2.50. The predicted octanol–water partition coefficient (Wildman–Crippen LogP) is 4.28. The molecule has 4 aromatic rings. The molecule has 0 aliphatic carbocycles. The lowest BCUT2D eigenvalue weighted by atomic mass is 10.1. The molecule has 0 atom stereocenters. The number of aryl methyl sites for hydroxylation is 1. The Kier molecular flexibility index (Phi) is 5.26. The van der Waals surface area contributed by atoms with Crippen molar-refractivity contribution < 1.29 is 9.90 Å². The molecule has 3 heterocycles. The van der Waals surface area contributed by atoms with Gasteiger partial charge in [-0.2, -0.15) is 0 Å². The third-order valence-electron chi connectivity index (χ3n) is 4.21. The molecule has 0 aliphatic rings. The molecule has 0 saturated heterocycles. The lowest BCUT2D eigenvalue weighted by Gasteiger charge is -2.04. The van der Waals surface area contributed by atoms with Gasteiger partial charge in [-0.15, -0.1) is 11.3 Å². The van der Waals surface area contributed by atoms with E-state index in [2.05, 4.69) is 20.3 Å². The average molecular weight is 403 g/mol. The molecule has 4 rings (SSSR count). The van der Waals surface area contributed by atoms with Crippen molar-refractivity contribution in [2.24, 2.45) is 0 Å². The Balaban J connectivity index is 1.56. The molecule has 144 valence electrons. The predicted molar refractivity (Wildman–Crippen MR) is 112 cm³/mol. The molecule has 0 bridgehead atoms. The van der Waals surface area contributed by atoms with Crippen LogP contribution in [-0.2, 0) is 6.54 Å². The third-order valence-corrected chi connectivity index (χ3v) is 5.39. The molecule has 0 saturated carbocycles. The van der Waals surface area contributed by atoms with Gasteiger partial charge in [0.2, 0.25) is 5.95 Å². The maximum absolute atomic E-state index is 11.0. The fourth-order valence-electron chi connectivity index (χ4n) is 2.82. The number of carboxylic acid groups (broad SMARTS) is 1. The highest BCUT2D eigenvalue weighted by molar-refractivity contribution is 7.15. The topological polar surface area (TPSA) is 101 Å². The van der Waals surface area contributed by atoms with Crippen LogP contribution < -0.4 is 5.32 Å². The molecule has 0 aliphatic heterocycles. The van der Waals surface area contributed by atoms with Gasteiger partial charge in [0.25, 0.3) is 0 Å². The Morgan fingerprint density at radius 3 is 2.45 bits per heavy atom. The van der Waals surface area contributed by atoms with E-state index in [1.54, 1.807) is 54.1 Å². The first-order valence-corrected chi connectivity index (χ1v) is 9.70. The zero-order chi connectivity index (χ0) is 20.2. The fraction of sp³-hybridized carbons (Fsp3) is 0.0952. The lowest BCUT2D eigenvalue weighted by molar-refractivity contribution is 0.0697. The van der Waals surface area contributed by atoms with E-state index in [4.69, 9.17) is 10.1 Å². The summed E-state index contributed by atoms with van der Waals surface area (Å²) in [6.07, 6.45) is 3.37. The van der Waals surface area contributed by atoms with Crippen molar-refractivity contribution in [2.75, 3.05) is 5.32 Å². The Labute approximate surface area is 171 Å². The van der Waals surface area contributed by atoms with Crippen LogP contribution in [-0.4, -0.2) is 31.0 Å². The molecular weight excluding hydrogens is 386 g/mol. The van der Waals surface area contributed by atoms with Gasteiger partial charge in [-0.05, 0) is 37.3 Å². The molecule has 7 nitrogen and oxygen atoms in total. The van der Waals surface area contributed by atoms with Crippen molar-refractivity contribution >= 4 is 23.3 Å². The van der Waals surface area contributed by atoms with Gasteiger partial charge in [0.1, 0.15) is 5.01 Å². The number of aromatic nitrogens is 4. The Hall–Kier alpha value is -3.65. The fourth-order valence-corrected chi connectivity index (χ4v) is 3.79. The normalized spacial score (nSPS) is 10.7. The molecule has 3 aromatic heterocycles. The number of pyridine rings is 1. The first kappa shape index (κ1) is 18.7. The minimum Gasteiger partial charge on any atom is -0.478 e. The van der Waals surface area contributed by atoms with Crippen LogP contribution in [0.2, 0.25) is 0 Å². The molecule has 2 N–H and O–H groups in total. The van der Waals surface area contributed by atoms with Crippen molar-refractivity contribution in [1.82, 2.24) is 19.9 Å². The van der Waals surface area contributed by atoms with E-state index < -0.39 is 5.97 Å². The van der Waals surface area contributed by atoms with Crippen molar-refractivity contribution in [2.45, 2.75) is 13.5 Å². The summed E-state index contributed by atoms with van der Waals surface area (Å²) in [6, 6.07) is 14.3. The largest absolute Gasteiger partial charge is 0.478 e. The number of nitrogens with one attached hydrogen (secondary N) is 1. The Bertz CT molecular complexity index is 1140. The molecule has 0 spiro atoms. The second-order valence-electron chi connectivity index (χ2n) is 6.24. The number of hydrogen-bond donors (Lipinski definition) is 2. The molecule has 1 aromatic carbocycles. The maximum atomic E-state index is 11.0. The summed E-state index contributed by atoms with van der Waals surface area (Å²) in [5, 5.41) is 13.1. The summed E-state index contributed by atoms with van der Waals surface area (Å²) < 4.78 is 0. The van der Waals surface area contributed by atoms with Crippen LogP contribution in [0.4, 0.5) is 5.95 Å². The minimum atomic E-state index is -0.944. The summed E-state index contributed by atoms with van der Waals surface area (Å²) in [7, 11) is 0. The molecule has 0 amide bonds. The van der Waals surface area contributed by atoms with Crippen LogP contribution in [0, 0.1) is 6.92 Å². The van der Waals surface area contributed by atoms with Crippen LogP contribution >= 0.6 is 11.3 Å². The molecule has 0 fully saturated rings. The van der Waals surface area contributed by atoms with E-state index in [0.29, 0.717) is 12.5 Å². The standard InChI is InChI=1S/C21H17N5O2S/c1-13-19(29-18(25-13)12-24-21-22-10-3-11-23-21)17-5-2-4-16(26-17)14-6-8-15(9-7-14)20(27)28/h2-11H,12H2,1H3,(H,27,28)(H,22,23,24). The summed E-state index contributed by atoms with van der Waals surface area (Å²) >= 11 is 1.57. The van der Waals surface area contributed by atoms with Gasteiger partial charge in [-0.3, -0.25) is 0 Å². The quantitative estimate of drug-likeness (QED) is 0.495. The number of aromatic carboxylic acids is 1. The minimum absolute atomic E-state index is 0.253. The van der Waals surface area contributed by atoms with E-state index in [-0.39, 0.29) is 5.56 Å². The van der Waals surface area contributed by atoms with Gasteiger partial charge in [0.15, 0.2) is 0 Å². The highest BCUT2D eigenvalue weighted by Crippen LogP contribution is 2.30. The van der Waals surface area contributed by atoms with E-state index in [1.807, 2.05) is 25.1 Å². The van der Waals surface area contributed by atoms with Crippen LogP contribution in [0.15, 0.2) is 60.9 Å². The third kappa shape index (κ3) is 4.27. The summed E-state index contributed by atoms with van der Waals surface area (Å²) in [5.74, 6) is -0.382. The smallest absolute Gasteiger partial charge is 0.335 e. The van der Waals surface area contributed by atoms with Gasteiger partial charge in [0.05, 0.1) is 34.1 Å². The van der Waals surface area contributed by atoms with Gasteiger partial charge in [-0.1, -0.05) is 18.2 Å². The molecular formula is C21H17N5O2S. The van der Waals surface area contributed by atoms with Crippen molar-refractivity contribution in [3.05, 3.63) is 77.2 Å². The number of nitrogens with zero attached hydrogens (tertiary/aromatic N) is 4. The summed E-state index contributed by atoms with van der Waals surface area (Å²) in [5.41, 5.74) is 3.64. The van der Waals surface area contributed by atoms with Gasteiger partial charge in [0, 0.05) is 18.0 Å². The van der Waals surface area contributed by atoms with E-state index >= 15 is 0 Å². The molecule has 29 heavy (non-hydrogen) atoms. The number of thiazole rings is 1. The van der Waals surface area contributed by atoms with E-state index in [1.165, 1.54) is 0 Å². The van der Waals surface area contributed by atoms with Gasteiger partial charge < -0.3 is 10.4 Å². The monoisotopic (exact) mass is 403 g/mol. The van der Waals surface area contributed by atoms with E-state index in [9.17, 15) is 4.79 Å². The van der Waals surface area contributed by atoms with Crippen molar-refractivity contribution in [3.8, 4) is 21.8 Å². The van der Waals surface area contributed by atoms with Crippen molar-refractivity contribution in [3.63, 3.8) is 0 Å². The van der Waals surface area contributed by atoms with Crippen LogP contribution in [0.1, 0.15) is 21.1 Å². The second-order valence-corrected chi connectivity index (χ2v) is 7.32. The zero-order valence-electron chi connectivity index (χ0n) is 15.5. The zero-order valence-corrected chi connectivity index (χ0v) is 16.3. The second kappa shape index (κ2) is 8.15. The number of benzene rings is 1. The average Bonchev–Trinajstić information content (AvgIpc) is 3.14. The molecule has 0 radical (unpaired) electrons. The van der Waals surface area contributed by atoms with E-state index in [0.717, 1.165) is 32.5 Å². The van der Waals surface area contributed by atoms with Crippen LogP contribution in [0.3, 0.4) is 0 Å². The van der Waals surface area contributed by atoms with Crippen LogP contribution in [0.25, 0.3) is 21.8 Å². The Morgan fingerprint density at radius 2 is 1.72 bits per heavy atom. The van der Waals surface area contributed by atoms with Crippen LogP contribution in [0.5, 0.6) is 0 Å². The number of carbonyl (C=O) groups is 1. The Morgan fingerprint density at radius 1 is 1.00 bits per heavy atom. The molecule has 0 unspecified atom stereocenters. The highest BCUT2D eigenvalue weighted by Gasteiger charge is 2.12. The first-order valence-electron chi connectivity index (χ1n) is 8.88. The first-order chi connectivity index (χ1) is 14.1. The highest BCUT2D eigenvalue weighted by atomic mass is 32.1. The number of anilines is 1.